The summed E-state index contributed by atoms with van der Waals surface area (Å²) in [6.07, 6.45) is -0.0347. The third-order valence-corrected chi connectivity index (χ3v) is 3.11. The molecule has 7 heteroatoms. The standard InChI is InChI=1S/C15H21F2N3O2/c1-12(21)20(9-13-5-3-2-4-6-13)8-7-14(22)19-11-15(16,17)10-18/h2-6H,7-11,18H2,1H3,(H,19,22). The highest BCUT2D eigenvalue weighted by Crippen LogP contribution is 2.09. The van der Waals surface area contributed by atoms with Crippen molar-refractivity contribution in [2.75, 3.05) is 19.6 Å². The molecular weight excluding hydrogens is 292 g/mol. The molecule has 3 N–H and O–H groups in total. The van der Waals surface area contributed by atoms with Crippen molar-refractivity contribution in [3.63, 3.8) is 0 Å². The summed E-state index contributed by atoms with van der Waals surface area (Å²) in [5.41, 5.74) is 5.82. The molecule has 0 spiro atoms. The molecule has 122 valence electrons. The number of amides is 2. The number of nitrogens with two attached hydrogens (primary N) is 1. The summed E-state index contributed by atoms with van der Waals surface area (Å²) in [5, 5.41) is 2.13. The highest BCUT2D eigenvalue weighted by Gasteiger charge is 2.27. The molecule has 1 rings (SSSR count). The van der Waals surface area contributed by atoms with Crippen molar-refractivity contribution >= 4 is 11.8 Å². The van der Waals surface area contributed by atoms with Gasteiger partial charge in [0.25, 0.3) is 5.92 Å². The van der Waals surface area contributed by atoms with Gasteiger partial charge in [-0.25, -0.2) is 8.78 Å². The molecule has 0 atom stereocenters. The van der Waals surface area contributed by atoms with Crippen LogP contribution in [0.25, 0.3) is 0 Å². The van der Waals surface area contributed by atoms with Crippen molar-refractivity contribution in [1.29, 1.82) is 0 Å². The highest BCUT2D eigenvalue weighted by atomic mass is 19.3. The first kappa shape index (κ1) is 18.0. The van der Waals surface area contributed by atoms with Crippen LogP contribution in [0, 0.1) is 0 Å². The van der Waals surface area contributed by atoms with Crippen molar-refractivity contribution in [2.45, 2.75) is 25.8 Å². The monoisotopic (exact) mass is 313 g/mol. The second kappa shape index (κ2) is 8.43. The second-order valence-electron chi connectivity index (χ2n) is 5.01. The summed E-state index contributed by atoms with van der Waals surface area (Å²) in [5.74, 6) is -3.82. The quantitative estimate of drug-likeness (QED) is 0.755. The molecule has 0 heterocycles. The first-order chi connectivity index (χ1) is 10.3. The number of carbonyl (C=O) groups excluding carboxylic acids is 2. The number of hydrogen-bond acceptors (Lipinski definition) is 3. The summed E-state index contributed by atoms with van der Waals surface area (Å²) in [6.45, 7) is 0.345. The molecule has 1 aromatic carbocycles. The van der Waals surface area contributed by atoms with Crippen LogP contribution in [0.4, 0.5) is 8.78 Å². The molecule has 0 saturated heterocycles. The molecule has 0 bridgehead atoms. The first-order valence-corrected chi connectivity index (χ1v) is 6.98. The van der Waals surface area contributed by atoms with E-state index in [4.69, 9.17) is 5.73 Å². The minimum absolute atomic E-state index is 0.0347. The number of alkyl halides is 2. The Hall–Kier alpha value is -2.02. The Morgan fingerprint density at radius 2 is 1.91 bits per heavy atom. The topological polar surface area (TPSA) is 75.4 Å². The van der Waals surface area contributed by atoms with E-state index in [1.807, 2.05) is 30.3 Å². The van der Waals surface area contributed by atoms with E-state index in [1.54, 1.807) is 0 Å². The summed E-state index contributed by atoms with van der Waals surface area (Å²) in [6, 6.07) is 9.33. The minimum atomic E-state index is -3.11. The summed E-state index contributed by atoms with van der Waals surface area (Å²) in [4.78, 5) is 24.6. The predicted octanol–water partition coefficient (Wildman–Crippen LogP) is 1.14. The maximum atomic E-state index is 12.9. The molecular formula is C15H21F2N3O2. The number of hydrogen-bond donors (Lipinski definition) is 2. The Morgan fingerprint density at radius 3 is 2.45 bits per heavy atom. The Labute approximate surface area is 128 Å². The van der Waals surface area contributed by atoms with Gasteiger partial charge in [-0.05, 0) is 5.56 Å². The van der Waals surface area contributed by atoms with Crippen LogP contribution in [-0.4, -0.2) is 42.3 Å². The van der Waals surface area contributed by atoms with Crippen molar-refractivity contribution in [1.82, 2.24) is 10.2 Å². The molecule has 0 aromatic heterocycles. The maximum Gasteiger partial charge on any atom is 0.277 e. The number of carbonyl (C=O) groups is 2. The van der Waals surface area contributed by atoms with Gasteiger partial charge in [0, 0.05) is 26.4 Å². The SMILES string of the molecule is CC(=O)N(CCC(=O)NCC(F)(F)CN)Cc1ccccc1. The summed E-state index contributed by atoms with van der Waals surface area (Å²) in [7, 11) is 0. The third kappa shape index (κ3) is 6.62. The second-order valence-corrected chi connectivity index (χ2v) is 5.01. The van der Waals surface area contributed by atoms with Gasteiger partial charge in [-0.3, -0.25) is 9.59 Å². The van der Waals surface area contributed by atoms with Crippen LogP contribution in [0.15, 0.2) is 30.3 Å². The van der Waals surface area contributed by atoms with Gasteiger partial charge in [-0.1, -0.05) is 30.3 Å². The van der Waals surface area contributed by atoms with Crippen molar-refractivity contribution in [3.8, 4) is 0 Å². The van der Waals surface area contributed by atoms with Gasteiger partial charge in [0.15, 0.2) is 0 Å². The van der Waals surface area contributed by atoms with Crippen LogP contribution in [0.2, 0.25) is 0 Å². The number of nitrogens with one attached hydrogen (secondary N) is 1. The summed E-state index contributed by atoms with van der Waals surface area (Å²) < 4.78 is 25.8. The number of halogens is 2. The number of rotatable bonds is 8. The van der Waals surface area contributed by atoms with Gasteiger partial charge < -0.3 is 16.0 Å². The zero-order chi connectivity index (χ0) is 16.6. The fourth-order valence-corrected chi connectivity index (χ4v) is 1.78. The van der Waals surface area contributed by atoms with Crippen molar-refractivity contribution < 1.29 is 18.4 Å². The average Bonchev–Trinajstić information content (AvgIpc) is 2.50. The zero-order valence-corrected chi connectivity index (χ0v) is 12.5. The molecule has 0 aliphatic carbocycles. The van der Waals surface area contributed by atoms with E-state index >= 15 is 0 Å². The van der Waals surface area contributed by atoms with Gasteiger partial charge in [0.1, 0.15) is 0 Å². The van der Waals surface area contributed by atoms with E-state index in [1.165, 1.54) is 11.8 Å². The van der Waals surface area contributed by atoms with Crippen LogP contribution >= 0.6 is 0 Å². The molecule has 2 amide bonds. The van der Waals surface area contributed by atoms with Gasteiger partial charge in [0.05, 0.1) is 13.1 Å². The van der Waals surface area contributed by atoms with Gasteiger partial charge in [-0.2, -0.15) is 0 Å². The molecule has 5 nitrogen and oxygen atoms in total. The molecule has 0 saturated carbocycles. The molecule has 0 aliphatic rings. The van der Waals surface area contributed by atoms with Gasteiger partial charge in [-0.15, -0.1) is 0 Å². The smallest absolute Gasteiger partial charge is 0.277 e. The van der Waals surface area contributed by atoms with Crippen LogP contribution in [0.1, 0.15) is 18.9 Å². The normalized spacial score (nSPS) is 11.1. The van der Waals surface area contributed by atoms with E-state index in [0.29, 0.717) is 6.54 Å². The van der Waals surface area contributed by atoms with E-state index in [9.17, 15) is 18.4 Å². The molecule has 1 aromatic rings. The van der Waals surface area contributed by atoms with Crippen molar-refractivity contribution in [2.24, 2.45) is 5.73 Å². The molecule has 0 radical (unpaired) electrons. The van der Waals surface area contributed by atoms with E-state index in [0.717, 1.165) is 5.56 Å². The molecule has 22 heavy (non-hydrogen) atoms. The molecule has 0 unspecified atom stereocenters. The largest absolute Gasteiger partial charge is 0.350 e. The number of nitrogens with zero attached hydrogens (tertiary/aromatic N) is 1. The molecule has 0 aliphatic heterocycles. The van der Waals surface area contributed by atoms with E-state index < -0.39 is 24.9 Å². The maximum absolute atomic E-state index is 12.9. The Kier molecular flexibility index (Phi) is 6.91. The van der Waals surface area contributed by atoms with E-state index in [-0.39, 0.29) is 18.9 Å². The third-order valence-electron chi connectivity index (χ3n) is 3.11. The average molecular weight is 313 g/mol. The Morgan fingerprint density at radius 1 is 1.27 bits per heavy atom. The first-order valence-electron chi connectivity index (χ1n) is 6.98. The van der Waals surface area contributed by atoms with Gasteiger partial charge in [0.2, 0.25) is 11.8 Å². The Balaban J connectivity index is 2.44. The lowest BCUT2D eigenvalue weighted by molar-refractivity contribution is -0.130. The number of benzene rings is 1. The lowest BCUT2D eigenvalue weighted by Gasteiger charge is -2.21. The summed E-state index contributed by atoms with van der Waals surface area (Å²) >= 11 is 0. The predicted molar refractivity (Wildman–Crippen MR) is 79.2 cm³/mol. The Bertz CT molecular complexity index is 495. The van der Waals surface area contributed by atoms with Crippen LogP contribution in [0.3, 0.4) is 0 Å². The highest BCUT2D eigenvalue weighted by molar-refractivity contribution is 5.78. The van der Waals surface area contributed by atoms with E-state index in [2.05, 4.69) is 5.32 Å². The fraction of sp³-hybridized carbons (Fsp3) is 0.467. The van der Waals surface area contributed by atoms with Crippen LogP contribution < -0.4 is 11.1 Å². The molecule has 0 fully saturated rings. The minimum Gasteiger partial charge on any atom is -0.350 e. The van der Waals surface area contributed by atoms with Crippen LogP contribution in [-0.2, 0) is 16.1 Å². The lowest BCUT2D eigenvalue weighted by atomic mass is 10.2. The van der Waals surface area contributed by atoms with Crippen molar-refractivity contribution in [3.05, 3.63) is 35.9 Å². The lowest BCUT2D eigenvalue weighted by Crippen LogP contribution is -2.42. The van der Waals surface area contributed by atoms with Crippen LogP contribution in [0.5, 0.6) is 0 Å². The fourth-order valence-electron chi connectivity index (χ4n) is 1.78. The zero-order valence-electron chi connectivity index (χ0n) is 12.5. The van der Waals surface area contributed by atoms with Gasteiger partial charge >= 0.3 is 0 Å².